The van der Waals surface area contributed by atoms with E-state index in [2.05, 4.69) is 0 Å². The topological polar surface area (TPSA) is 65.0 Å². The highest BCUT2D eigenvalue weighted by Gasteiger charge is 2.15. The van der Waals surface area contributed by atoms with E-state index in [9.17, 15) is 14.3 Å². The fourth-order valence-corrected chi connectivity index (χ4v) is 1.89. The van der Waals surface area contributed by atoms with Crippen molar-refractivity contribution in [1.82, 2.24) is 0 Å². The summed E-state index contributed by atoms with van der Waals surface area (Å²) < 4.78 is 28.3. The Morgan fingerprint density at radius 3 is 2.55 bits per heavy atom. The molecule has 2 aromatic rings. The average Bonchev–Trinajstić information content (AvgIpc) is 2.52. The molecule has 2 rings (SSSR count). The minimum Gasteiger partial charge on any atom is -0.507 e. The van der Waals surface area contributed by atoms with Crippen molar-refractivity contribution in [3.63, 3.8) is 0 Å². The third-order valence-corrected chi connectivity index (χ3v) is 3.03. The zero-order valence-electron chi connectivity index (χ0n) is 12.1. The lowest BCUT2D eigenvalue weighted by Crippen LogP contribution is -2.06. The second-order valence-electron chi connectivity index (χ2n) is 4.42. The number of esters is 1. The third-order valence-electron chi connectivity index (χ3n) is 3.03. The summed E-state index contributed by atoms with van der Waals surface area (Å²) in [5.74, 6) is -0.616. The zero-order chi connectivity index (χ0) is 16.1. The zero-order valence-corrected chi connectivity index (χ0v) is 12.1. The van der Waals surface area contributed by atoms with E-state index in [4.69, 9.17) is 14.2 Å². The van der Waals surface area contributed by atoms with Crippen LogP contribution in [-0.2, 0) is 11.3 Å². The van der Waals surface area contributed by atoms with Crippen LogP contribution in [-0.4, -0.2) is 25.3 Å². The van der Waals surface area contributed by atoms with Crippen LogP contribution in [0.3, 0.4) is 0 Å². The van der Waals surface area contributed by atoms with Gasteiger partial charge in [-0.2, -0.15) is 0 Å². The number of carbonyl (C=O) groups excluding carboxylic acids is 1. The lowest BCUT2D eigenvalue weighted by molar-refractivity contribution is 0.0466. The second-order valence-corrected chi connectivity index (χ2v) is 4.42. The molecule has 6 heteroatoms. The summed E-state index contributed by atoms with van der Waals surface area (Å²) in [5.41, 5.74) is 0.389. The van der Waals surface area contributed by atoms with Crippen molar-refractivity contribution in [1.29, 1.82) is 0 Å². The summed E-state index contributed by atoms with van der Waals surface area (Å²) >= 11 is 0. The van der Waals surface area contributed by atoms with Crippen LogP contribution >= 0.6 is 0 Å². The number of phenolic OH excluding ortho intramolecular Hbond substituents is 1. The van der Waals surface area contributed by atoms with Gasteiger partial charge in [-0.1, -0.05) is 0 Å². The maximum Gasteiger partial charge on any atom is 0.342 e. The number of hydrogen-bond acceptors (Lipinski definition) is 5. The quantitative estimate of drug-likeness (QED) is 0.860. The number of aromatic hydroxyl groups is 1. The standard InChI is InChI=1S/C16H15FO5/c1-20-12-4-5-13(14(18)8-12)16(19)22-9-10-7-11(17)3-6-15(10)21-2/h3-8,18H,9H2,1-2H3. The van der Waals surface area contributed by atoms with Crippen LogP contribution in [0.15, 0.2) is 36.4 Å². The lowest BCUT2D eigenvalue weighted by Gasteiger charge is -2.10. The van der Waals surface area contributed by atoms with E-state index >= 15 is 0 Å². The van der Waals surface area contributed by atoms with E-state index in [1.54, 1.807) is 0 Å². The Morgan fingerprint density at radius 2 is 1.91 bits per heavy atom. The normalized spacial score (nSPS) is 10.1. The highest BCUT2D eigenvalue weighted by Crippen LogP contribution is 2.25. The summed E-state index contributed by atoms with van der Waals surface area (Å²) in [6.07, 6.45) is 0. The van der Waals surface area contributed by atoms with Gasteiger partial charge in [0.2, 0.25) is 0 Å². The molecule has 0 aliphatic rings. The van der Waals surface area contributed by atoms with Gasteiger partial charge in [0, 0.05) is 11.6 Å². The van der Waals surface area contributed by atoms with Gasteiger partial charge < -0.3 is 19.3 Å². The van der Waals surface area contributed by atoms with Gasteiger partial charge in [-0.05, 0) is 30.3 Å². The van der Waals surface area contributed by atoms with E-state index < -0.39 is 11.8 Å². The first-order valence-corrected chi connectivity index (χ1v) is 6.41. The predicted octanol–water partition coefficient (Wildman–Crippen LogP) is 2.91. The van der Waals surface area contributed by atoms with Crippen molar-refractivity contribution in [2.45, 2.75) is 6.61 Å². The van der Waals surface area contributed by atoms with Gasteiger partial charge in [-0.25, -0.2) is 9.18 Å². The molecule has 1 N–H and O–H groups in total. The molecule has 0 bridgehead atoms. The van der Waals surface area contributed by atoms with Crippen LogP contribution in [0, 0.1) is 5.82 Å². The lowest BCUT2D eigenvalue weighted by atomic mass is 10.2. The second kappa shape index (κ2) is 6.80. The Hall–Kier alpha value is -2.76. The SMILES string of the molecule is COc1ccc(C(=O)OCc2cc(F)ccc2OC)c(O)c1. The molecule has 2 aromatic carbocycles. The summed E-state index contributed by atoms with van der Waals surface area (Å²) in [6.45, 7) is -0.175. The number of halogens is 1. The smallest absolute Gasteiger partial charge is 0.342 e. The van der Waals surface area contributed by atoms with Crippen molar-refractivity contribution in [3.8, 4) is 17.2 Å². The molecule has 0 aliphatic heterocycles. The van der Waals surface area contributed by atoms with Crippen LogP contribution < -0.4 is 9.47 Å². The molecule has 0 saturated heterocycles. The fraction of sp³-hybridized carbons (Fsp3) is 0.188. The Balaban J connectivity index is 2.12. The Labute approximate surface area is 126 Å². The van der Waals surface area contributed by atoms with Crippen molar-refractivity contribution in [2.75, 3.05) is 14.2 Å². The fourth-order valence-electron chi connectivity index (χ4n) is 1.89. The predicted molar refractivity (Wildman–Crippen MR) is 76.7 cm³/mol. The molecule has 0 saturated carbocycles. The molecule has 0 aromatic heterocycles. The molecule has 5 nitrogen and oxygen atoms in total. The molecule has 0 aliphatic carbocycles. The summed E-state index contributed by atoms with van der Waals surface area (Å²) in [6, 6.07) is 8.14. The Kier molecular flexibility index (Phi) is 4.83. The van der Waals surface area contributed by atoms with E-state index in [-0.39, 0.29) is 17.9 Å². The summed E-state index contributed by atoms with van der Waals surface area (Å²) in [5, 5.41) is 9.77. The molecule has 22 heavy (non-hydrogen) atoms. The minimum absolute atomic E-state index is 0.00355. The number of benzene rings is 2. The number of phenols is 1. The van der Waals surface area contributed by atoms with Gasteiger partial charge in [-0.3, -0.25) is 0 Å². The highest BCUT2D eigenvalue weighted by molar-refractivity contribution is 5.92. The monoisotopic (exact) mass is 306 g/mol. The first-order valence-electron chi connectivity index (χ1n) is 6.41. The van der Waals surface area contributed by atoms with Gasteiger partial charge in [0.1, 0.15) is 35.2 Å². The minimum atomic E-state index is -0.730. The van der Waals surface area contributed by atoms with Gasteiger partial charge in [0.15, 0.2) is 0 Å². The summed E-state index contributed by atoms with van der Waals surface area (Å²) in [4.78, 5) is 12.0. The largest absolute Gasteiger partial charge is 0.507 e. The first-order chi connectivity index (χ1) is 10.5. The van der Waals surface area contributed by atoms with E-state index in [0.717, 1.165) is 0 Å². The van der Waals surface area contributed by atoms with E-state index in [1.165, 1.54) is 50.6 Å². The maximum atomic E-state index is 13.2. The van der Waals surface area contributed by atoms with E-state index in [1.807, 2.05) is 0 Å². The molecule has 0 spiro atoms. The molecular formula is C16H15FO5. The summed E-state index contributed by atoms with van der Waals surface area (Å²) in [7, 11) is 2.89. The van der Waals surface area contributed by atoms with Crippen LogP contribution in [0.5, 0.6) is 17.2 Å². The maximum absolute atomic E-state index is 13.2. The number of ether oxygens (including phenoxy) is 3. The van der Waals surface area contributed by atoms with Gasteiger partial charge in [0.25, 0.3) is 0 Å². The van der Waals surface area contributed by atoms with Gasteiger partial charge in [-0.15, -0.1) is 0 Å². The third kappa shape index (κ3) is 3.46. The molecule has 0 amide bonds. The molecule has 0 unspecified atom stereocenters. The molecular weight excluding hydrogens is 291 g/mol. The van der Waals surface area contributed by atoms with E-state index in [0.29, 0.717) is 17.1 Å². The van der Waals surface area contributed by atoms with Crippen LogP contribution in [0.1, 0.15) is 15.9 Å². The van der Waals surface area contributed by atoms with Crippen molar-refractivity contribution >= 4 is 5.97 Å². The van der Waals surface area contributed by atoms with Gasteiger partial charge in [0.05, 0.1) is 14.2 Å². The van der Waals surface area contributed by atoms with Crippen molar-refractivity contribution < 1.29 is 28.5 Å². The number of rotatable bonds is 5. The first kappa shape index (κ1) is 15.6. The average molecular weight is 306 g/mol. The molecule has 0 heterocycles. The van der Waals surface area contributed by atoms with Crippen molar-refractivity contribution in [3.05, 3.63) is 53.3 Å². The molecule has 0 fully saturated rings. The Morgan fingerprint density at radius 1 is 1.14 bits per heavy atom. The molecule has 0 radical (unpaired) electrons. The number of carbonyl (C=O) groups is 1. The number of methoxy groups -OCH3 is 2. The van der Waals surface area contributed by atoms with Crippen LogP contribution in [0.25, 0.3) is 0 Å². The molecule has 0 atom stereocenters. The van der Waals surface area contributed by atoms with Crippen LogP contribution in [0.4, 0.5) is 4.39 Å². The van der Waals surface area contributed by atoms with Crippen LogP contribution in [0.2, 0.25) is 0 Å². The van der Waals surface area contributed by atoms with Gasteiger partial charge >= 0.3 is 5.97 Å². The van der Waals surface area contributed by atoms with Crippen molar-refractivity contribution in [2.24, 2.45) is 0 Å². The molecule has 116 valence electrons. The Bertz CT molecular complexity index is 684. The number of hydrogen-bond donors (Lipinski definition) is 1. The highest BCUT2D eigenvalue weighted by atomic mass is 19.1.